The first-order valence-corrected chi connectivity index (χ1v) is 5.47. The van der Waals surface area contributed by atoms with Crippen LogP contribution < -0.4 is 0 Å². The van der Waals surface area contributed by atoms with Crippen LogP contribution in [-0.4, -0.2) is 4.98 Å². The molecule has 0 bridgehead atoms. The quantitative estimate of drug-likeness (QED) is 0.775. The number of aromatic nitrogens is 1. The van der Waals surface area contributed by atoms with Crippen molar-refractivity contribution in [3.8, 4) is 17.2 Å². The van der Waals surface area contributed by atoms with Crippen LogP contribution in [0.5, 0.6) is 0 Å². The number of hydrogen-bond acceptors (Lipinski definition) is 2. The van der Waals surface area contributed by atoms with Crippen molar-refractivity contribution in [2.75, 3.05) is 0 Å². The molecule has 1 heterocycles. The molecule has 5 heteroatoms. The number of benzene rings is 1. The lowest BCUT2D eigenvalue weighted by molar-refractivity contribution is 0.511. The lowest BCUT2D eigenvalue weighted by Gasteiger charge is -2.09. The summed E-state index contributed by atoms with van der Waals surface area (Å²) in [6.07, 6.45) is 1.48. The van der Waals surface area contributed by atoms with Crippen molar-refractivity contribution < 1.29 is 8.78 Å². The molecule has 2 nitrogen and oxygen atoms in total. The Kier molecular flexibility index (Phi) is 3.54. The first-order chi connectivity index (χ1) is 8.65. The Morgan fingerprint density at radius 3 is 2.78 bits per heavy atom. The molecule has 0 radical (unpaired) electrons. The smallest absolute Gasteiger partial charge is 0.166 e. The molecule has 0 amide bonds. The Bertz CT molecular complexity index is 635. The van der Waals surface area contributed by atoms with E-state index in [9.17, 15) is 8.78 Å². The minimum atomic E-state index is -0.994. The van der Waals surface area contributed by atoms with Crippen molar-refractivity contribution in [2.24, 2.45) is 0 Å². The van der Waals surface area contributed by atoms with E-state index in [1.165, 1.54) is 18.3 Å². The largest absolute Gasteiger partial charge is 0.244 e. The van der Waals surface area contributed by atoms with Crippen LogP contribution in [-0.2, 0) is 6.42 Å². The molecule has 1 aromatic carbocycles. The molecule has 0 spiro atoms. The first kappa shape index (κ1) is 12.5. The third-order valence-corrected chi connectivity index (χ3v) is 2.77. The van der Waals surface area contributed by atoms with Crippen molar-refractivity contribution in [3.63, 3.8) is 0 Å². The molecule has 0 atom stereocenters. The highest BCUT2D eigenvalue weighted by molar-refractivity contribution is 6.32. The van der Waals surface area contributed by atoms with Crippen molar-refractivity contribution in [3.05, 3.63) is 52.8 Å². The fraction of sp³-hybridized carbons (Fsp3) is 0.0769. The summed E-state index contributed by atoms with van der Waals surface area (Å²) >= 11 is 5.91. The van der Waals surface area contributed by atoms with Gasteiger partial charge in [0.25, 0.3) is 0 Å². The van der Waals surface area contributed by atoms with Gasteiger partial charge in [-0.05, 0) is 17.7 Å². The Hall–Kier alpha value is -1.99. The van der Waals surface area contributed by atoms with Crippen LogP contribution in [0.2, 0.25) is 5.15 Å². The lowest BCUT2D eigenvalue weighted by Crippen LogP contribution is -1.96. The minimum absolute atomic E-state index is 0.0124. The van der Waals surface area contributed by atoms with E-state index >= 15 is 0 Å². The highest BCUT2D eigenvalue weighted by atomic mass is 35.5. The molecular formula is C13H7ClF2N2. The van der Waals surface area contributed by atoms with Crippen molar-refractivity contribution in [2.45, 2.75) is 6.42 Å². The predicted octanol–water partition coefficient (Wildman–Crippen LogP) is 3.75. The monoisotopic (exact) mass is 264 g/mol. The van der Waals surface area contributed by atoms with Gasteiger partial charge in [-0.25, -0.2) is 13.8 Å². The van der Waals surface area contributed by atoms with E-state index in [1.54, 1.807) is 6.07 Å². The zero-order valence-electron chi connectivity index (χ0n) is 9.12. The van der Waals surface area contributed by atoms with E-state index in [-0.39, 0.29) is 22.7 Å². The molecule has 0 N–H and O–H groups in total. The van der Waals surface area contributed by atoms with E-state index < -0.39 is 11.6 Å². The average Bonchev–Trinajstić information content (AvgIpc) is 2.34. The molecule has 0 saturated heterocycles. The Balaban J connectivity index is 2.71. The lowest BCUT2D eigenvalue weighted by atomic mass is 10.00. The number of rotatable bonds is 2. The summed E-state index contributed by atoms with van der Waals surface area (Å²) in [6, 6.07) is 7.33. The van der Waals surface area contributed by atoms with Crippen LogP contribution in [0, 0.1) is 23.0 Å². The second kappa shape index (κ2) is 5.11. The average molecular weight is 265 g/mol. The van der Waals surface area contributed by atoms with Gasteiger partial charge >= 0.3 is 0 Å². The Labute approximate surface area is 107 Å². The van der Waals surface area contributed by atoms with Gasteiger partial charge in [-0.2, -0.15) is 5.26 Å². The molecule has 18 heavy (non-hydrogen) atoms. The van der Waals surface area contributed by atoms with Gasteiger partial charge in [-0.1, -0.05) is 23.7 Å². The normalized spacial score (nSPS) is 10.1. The Morgan fingerprint density at radius 1 is 1.28 bits per heavy atom. The number of halogens is 3. The molecular weight excluding hydrogens is 258 g/mol. The summed E-state index contributed by atoms with van der Waals surface area (Å²) in [5, 5.41) is 8.77. The fourth-order valence-corrected chi connectivity index (χ4v) is 1.97. The fourth-order valence-electron chi connectivity index (χ4n) is 1.69. The summed E-state index contributed by atoms with van der Waals surface area (Å²) in [5.41, 5.74) is 0.790. The predicted molar refractivity (Wildman–Crippen MR) is 63.9 cm³/mol. The molecule has 2 aromatic rings. The molecule has 0 unspecified atom stereocenters. The van der Waals surface area contributed by atoms with Gasteiger partial charge < -0.3 is 0 Å². The van der Waals surface area contributed by atoms with Gasteiger partial charge in [-0.3, -0.25) is 0 Å². The molecule has 0 fully saturated rings. The zero-order valence-corrected chi connectivity index (χ0v) is 9.88. The molecule has 0 aliphatic heterocycles. The maximum absolute atomic E-state index is 13.7. The van der Waals surface area contributed by atoms with E-state index in [1.807, 2.05) is 6.07 Å². The highest BCUT2D eigenvalue weighted by Crippen LogP contribution is 2.32. The summed E-state index contributed by atoms with van der Waals surface area (Å²) in [4.78, 5) is 3.84. The number of pyridine rings is 1. The van der Waals surface area contributed by atoms with Gasteiger partial charge in [0.05, 0.1) is 12.5 Å². The van der Waals surface area contributed by atoms with Crippen molar-refractivity contribution >= 4 is 11.6 Å². The summed E-state index contributed by atoms with van der Waals surface area (Å²) < 4.78 is 27.0. The van der Waals surface area contributed by atoms with Gasteiger partial charge in [0.2, 0.25) is 0 Å². The molecule has 0 aliphatic carbocycles. The minimum Gasteiger partial charge on any atom is -0.244 e. The van der Waals surface area contributed by atoms with Crippen molar-refractivity contribution in [1.29, 1.82) is 5.26 Å². The van der Waals surface area contributed by atoms with E-state index in [0.717, 1.165) is 6.07 Å². The standard InChI is InChI=1S/C13H7ClF2N2/c14-13-11(8(4-6-17)5-7-18-13)9-2-1-3-10(15)12(9)16/h1-3,5,7H,4H2. The second-order valence-corrected chi connectivity index (χ2v) is 3.93. The molecule has 0 aliphatic rings. The maximum Gasteiger partial charge on any atom is 0.166 e. The van der Waals surface area contributed by atoms with Crippen LogP contribution >= 0.6 is 11.6 Å². The third-order valence-electron chi connectivity index (χ3n) is 2.48. The molecule has 90 valence electrons. The zero-order chi connectivity index (χ0) is 13.1. The van der Waals surface area contributed by atoms with Crippen molar-refractivity contribution in [1.82, 2.24) is 4.98 Å². The van der Waals surface area contributed by atoms with Gasteiger partial charge in [0.15, 0.2) is 11.6 Å². The summed E-state index contributed by atoms with van der Waals surface area (Å²) in [5.74, 6) is -1.96. The van der Waals surface area contributed by atoms with E-state index in [4.69, 9.17) is 16.9 Å². The second-order valence-electron chi connectivity index (χ2n) is 3.57. The number of nitriles is 1. The number of hydrogen-bond donors (Lipinski definition) is 0. The molecule has 1 aromatic heterocycles. The highest BCUT2D eigenvalue weighted by Gasteiger charge is 2.16. The third kappa shape index (κ3) is 2.18. The van der Waals surface area contributed by atoms with E-state index in [0.29, 0.717) is 5.56 Å². The molecule has 2 rings (SSSR count). The van der Waals surface area contributed by atoms with Crippen LogP contribution in [0.4, 0.5) is 8.78 Å². The maximum atomic E-state index is 13.7. The topological polar surface area (TPSA) is 36.7 Å². The van der Waals surface area contributed by atoms with Gasteiger partial charge in [-0.15, -0.1) is 0 Å². The Morgan fingerprint density at radius 2 is 2.06 bits per heavy atom. The summed E-state index contributed by atoms with van der Waals surface area (Å²) in [7, 11) is 0. The van der Waals surface area contributed by atoms with Crippen LogP contribution in [0.25, 0.3) is 11.1 Å². The van der Waals surface area contributed by atoms with E-state index in [2.05, 4.69) is 4.98 Å². The summed E-state index contributed by atoms with van der Waals surface area (Å²) in [6.45, 7) is 0. The van der Waals surface area contributed by atoms with Crippen LogP contribution in [0.15, 0.2) is 30.5 Å². The SMILES string of the molecule is N#CCc1ccnc(Cl)c1-c1cccc(F)c1F. The van der Waals surface area contributed by atoms with Crippen LogP contribution in [0.3, 0.4) is 0 Å². The molecule has 0 saturated carbocycles. The first-order valence-electron chi connectivity index (χ1n) is 5.10. The van der Waals surface area contributed by atoms with Gasteiger partial charge in [0.1, 0.15) is 5.15 Å². The van der Waals surface area contributed by atoms with Crippen LogP contribution in [0.1, 0.15) is 5.56 Å². The van der Waals surface area contributed by atoms with Gasteiger partial charge in [0, 0.05) is 17.3 Å². The number of nitrogens with zero attached hydrogens (tertiary/aromatic N) is 2.